The van der Waals surface area contributed by atoms with E-state index in [2.05, 4.69) is 0 Å². The van der Waals surface area contributed by atoms with Gasteiger partial charge in [0.05, 0.1) is 0 Å². The first-order valence-corrected chi connectivity index (χ1v) is 8.45. The van der Waals surface area contributed by atoms with Crippen molar-refractivity contribution >= 4 is 6.79 Å². The normalized spacial score (nSPS) is 9.48. The first-order valence-electron chi connectivity index (χ1n) is 8.45. The Balaban J connectivity index is 0.000000338. The van der Waals surface area contributed by atoms with Crippen LogP contribution in [0.4, 0.5) is 0 Å². The third kappa shape index (κ3) is 5.11. The van der Waals surface area contributed by atoms with Gasteiger partial charge in [-0.25, -0.2) is 0 Å². The molecule has 0 aliphatic carbocycles. The molecule has 0 fully saturated rings. The number of carbonyl (C=O) groups is 1. The number of hydrogen-bond donors (Lipinski definition) is 3. The molecule has 0 aliphatic heterocycles. The summed E-state index contributed by atoms with van der Waals surface area (Å²) < 4.78 is 0. The van der Waals surface area contributed by atoms with Crippen molar-refractivity contribution in [2.75, 3.05) is 0 Å². The van der Waals surface area contributed by atoms with E-state index in [0.717, 1.165) is 27.8 Å². The van der Waals surface area contributed by atoms with Crippen LogP contribution in [0.3, 0.4) is 0 Å². The number of benzene rings is 3. The molecule has 0 amide bonds. The fourth-order valence-electron chi connectivity index (χ4n) is 2.74. The molecule has 4 heteroatoms. The fourth-order valence-corrected chi connectivity index (χ4v) is 2.74. The molecule has 0 spiro atoms. The highest BCUT2D eigenvalue weighted by molar-refractivity contribution is 5.81. The molecule has 3 N–H and O–H groups in total. The van der Waals surface area contributed by atoms with Gasteiger partial charge in [0, 0.05) is 11.1 Å². The van der Waals surface area contributed by atoms with Gasteiger partial charge in [0.2, 0.25) is 0 Å². The van der Waals surface area contributed by atoms with Crippen LogP contribution in [0.15, 0.2) is 54.6 Å². The number of aromatic hydroxyl groups is 3. The Morgan fingerprint density at radius 3 is 1.59 bits per heavy atom. The highest BCUT2D eigenvalue weighted by Crippen LogP contribution is 2.42. The number of para-hydroxylation sites is 2. The predicted octanol–water partition coefficient (Wildman–Crippen LogP) is 5.21. The molecule has 0 radical (unpaired) electrons. The van der Waals surface area contributed by atoms with Crippen LogP contribution < -0.4 is 0 Å². The molecule has 0 unspecified atom stereocenters. The topological polar surface area (TPSA) is 77.8 Å². The lowest BCUT2D eigenvalue weighted by atomic mass is 9.89. The van der Waals surface area contributed by atoms with E-state index < -0.39 is 0 Å². The lowest BCUT2D eigenvalue weighted by molar-refractivity contribution is -0.0979. The average Bonchev–Trinajstić information content (AvgIpc) is 2.69. The molecule has 0 bridgehead atoms. The van der Waals surface area contributed by atoms with Gasteiger partial charge in [0.15, 0.2) is 0 Å². The van der Waals surface area contributed by atoms with Gasteiger partial charge < -0.3 is 20.1 Å². The van der Waals surface area contributed by atoms with Crippen LogP contribution in [0.1, 0.15) is 22.3 Å². The smallest absolute Gasteiger partial charge is 0.126 e. The summed E-state index contributed by atoms with van der Waals surface area (Å²) in [5.41, 5.74) is 5.55. The summed E-state index contributed by atoms with van der Waals surface area (Å²) in [6.07, 6.45) is 0. The quantitative estimate of drug-likeness (QED) is 0.553. The van der Waals surface area contributed by atoms with Crippen LogP contribution in [-0.2, 0) is 4.79 Å². The number of phenolic OH excluding ortho intramolecular Hbond substituents is 3. The van der Waals surface area contributed by atoms with Crippen molar-refractivity contribution in [1.82, 2.24) is 0 Å². The van der Waals surface area contributed by atoms with Crippen LogP contribution >= 0.6 is 0 Å². The fraction of sp³-hybridized carbons (Fsp3) is 0.174. The van der Waals surface area contributed by atoms with Crippen LogP contribution in [0.2, 0.25) is 0 Å². The Morgan fingerprint density at radius 2 is 1.11 bits per heavy atom. The van der Waals surface area contributed by atoms with Gasteiger partial charge >= 0.3 is 0 Å². The van der Waals surface area contributed by atoms with E-state index in [4.69, 9.17) is 9.90 Å². The first kappa shape index (κ1) is 21.8. The van der Waals surface area contributed by atoms with Gasteiger partial charge in [-0.15, -0.1) is 0 Å². The minimum atomic E-state index is 0.193. The largest absolute Gasteiger partial charge is 0.508 e. The average molecular weight is 366 g/mol. The van der Waals surface area contributed by atoms with Crippen molar-refractivity contribution < 1.29 is 20.1 Å². The van der Waals surface area contributed by atoms with Crippen LogP contribution in [-0.4, -0.2) is 22.1 Å². The second-order valence-corrected chi connectivity index (χ2v) is 6.08. The Bertz CT molecular complexity index is 857. The molecular weight excluding hydrogens is 340 g/mol. The van der Waals surface area contributed by atoms with Gasteiger partial charge in [-0.2, -0.15) is 0 Å². The highest BCUT2D eigenvalue weighted by atomic mass is 16.3. The molecule has 27 heavy (non-hydrogen) atoms. The monoisotopic (exact) mass is 366 g/mol. The molecule has 0 heterocycles. The number of hydrogen-bond acceptors (Lipinski definition) is 4. The Labute approximate surface area is 160 Å². The maximum absolute atomic E-state index is 10.4. The minimum absolute atomic E-state index is 0.193. The molecular formula is C23H26O4. The van der Waals surface area contributed by atoms with Crippen molar-refractivity contribution in [3.8, 4) is 28.4 Å². The summed E-state index contributed by atoms with van der Waals surface area (Å²) in [6.45, 7) is 9.93. The van der Waals surface area contributed by atoms with Gasteiger partial charge in [0.1, 0.15) is 24.0 Å². The molecule has 142 valence electrons. The lowest BCUT2D eigenvalue weighted by Gasteiger charge is -2.18. The van der Waals surface area contributed by atoms with Gasteiger partial charge in [-0.1, -0.05) is 36.4 Å². The summed E-state index contributed by atoms with van der Waals surface area (Å²) in [5.74, 6) is 0.776. The van der Waals surface area contributed by atoms with E-state index in [0.29, 0.717) is 11.3 Å². The standard InChI is InChI=1S/C16H18O2.C6H6O.CH2O/c1-9-10(2)12(4)16(18)15(11(9)3)13-7-5-6-8-14(13)17;7-6-4-2-1-3-5-6;1-2/h5-8,17-18H,1-4H3;1-5,7H;1H2. The van der Waals surface area contributed by atoms with E-state index in [-0.39, 0.29) is 11.5 Å². The van der Waals surface area contributed by atoms with Gasteiger partial charge in [-0.05, 0) is 68.1 Å². The summed E-state index contributed by atoms with van der Waals surface area (Å²) in [6, 6.07) is 15.8. The molecule has 3 aromatic carbocycles. The number of carbonyl (C=O) groups excluding carboxylic acids is 1. The maximum atomic E-state index is 10.4. The molecule has 3 rings (SSSR count). The van der Waals surface area contributed by atoms with Crippen molar-refractivity contribution in [2.45, 2.75) is 27.7 Å². The highest BCUT2D eigenvalue weighted by Gasteiger charge is 2.17. The first-order chi connectivity index (χ1) is 12.8. The maximum Gasteiger partial charge on any atom is 0.126 e. The van der Waals surface area contributed by atoms with Crippen LogP contribution in [0, 0.1) is 27.7 Å². The lowest BCUT2D eigenvalue weighted by Crippen LogP contribution is -1.96. The van der Waals surface area contributed by atoms with Crippen molar-refractivity contribution in [2.24, 2.45) is 0 Å². The molecule has 0 atom stereocenters. The van der Waals surface area contributed by atoms with E-state index >= 15 is 0 Å². The predicted molar refractivity (Wildman–Crippen MR) is 109 cm³/mol. The van der Waals surface area contributed by atoms with Crippen LogP contribution in [0.5, 0.6) is 17.2 Å². The summed E-state index contributed by atoms with van der Waals surface area (Å²) in [7, 11) is 0. The molecule has 0 saturated carbocycles. The molecule has 0 saturated heterocycles. The zero-order valence-corrected chi connectivity index (χ0v) is 16.2. The van der Waals surface area contributed by atoms with E-state index in [9.17, 15) is 10.2 Å². The van der Waals surface area contributed by atoms with E-state index in [1.165, 1.54) is 0 Å². The summed E-state index contributed by atoms with van der Waals surface area (Å²) in [4.78, 5) is 8.00. The second-order valence-electron chi connectivity index (χ2n) is 6.08. The molecule has 4 nitrogen and oxygen atoms in total. The molecule has 0 aliphatic rings. The minimum Gasteiger partial charge on any atom is -0.508 e. The zero-order chi connectivity index (χ0) is 20.6. The molecule has 0 aromatic heterocycles. The van der Waals surface area contributed by atoms with Crippen molar-refractivity contribution in [3.05, 3.63) is 76.9 Å². The Morgan fingerprint density at radius 1 is 0.630 bits per heavy atom. The van der Waals surface area contributed by atoms with Gasteiger partial charge in [0.25, 0.3) is 0 Å². The Kier molecular flexibility index (Phi) is 8.08. The van der Waals surface area contributed by atoms with Gasteiger partial charge in [-0.3, -0.25) is 0 Å². The van der Waals surface area contributed by atoms with E-state index in [1.807, 2.05) is 52.7 Å². The second kappa shape index (κ2) is 10.0. The zero-order valence-electron chi connectivity index (χ0n) is 16.2. The summed E-state index contributed by atoms with van der Waals surface area (Å²) >= 11 is 0. The number of phenols is 3. The summed E-state index contributed by atoms with van der Waals surface area (Å²) in [5, 5.41) is 28.9. The number of rotatable bonds is 1. The van der Waals surface area contributed by atoms with Crippen LogP contribution in [0.25, 0.3) is 11.1 Å². The SMILES string of the molecule is C=O.Cc1c(C)c(C)c(-c2ccccc2O)c(O)c1C.Oc1ccccc1. The van der Waals surface area contributed by atoms with Crippen molar-refractivity contribution in [1.29, 1.82) is 0 Å². The third-order valence-electron chi connectivity index (χ3n) is 4.58. The Hall–Kier alpha value is -3.27. The van der Waals surface area contributed by atoms with E-state index in [1.54, 1.807) is 36.4 Å². The van der Waals surface area contributed by atoms with Crippen molar-refractivity contribution in [3.63, 3.8) is 0 Å². The third-order valence-corrected chi connectivity index (χ3v) is 4.58. The molecule has 3 aromatic rings.